The van der Waals surface area contributed by atoms with E-state index < -0.39 is 0 Å². The summed E-state index contributed by atoms with van der Waals surface area (Å²) in [6, 6.07) is 7.98. The Kier molecular flexibility index (Phi) is 3.65. The van der Waals surface area contributed by atoms with Crippen LogP contribution in [0.3, 0.4) is 0 Å². The molecule has 0 atom stereocenters. The van der Waals surface area contributed by atoms with Crippen LogP contribution in [0.15, 0.2) is 36.8 Å². The van der Waals surface area contributed by atoms with E-state index in [4.69, 9.17) is 5.73 Å². The van der Waals surface area contributed by atoms with Crippen LogP contribution < -0.4 is 5.73 Å². The van der Waals surface area contributed by atoms with Crippen molar-refractivity contribution in [2.24, 2.45) is 5.73 Å². The number of imidazole rings is 1. The van der Waals surface area contributed by atoms with Crippen LogP contribution in [0, 0.1) is 0 Å². The summed E-state index contributed by atoms with van der Waals surface area (Å²) in [4.78, 5) is 16.6. The molecule has 104 valence electrons. The van der Waals surface area contributed by atoms with Crippen molar-refractivity contribution in [3.8, 4) is 0 Å². The molecule has 1 fully saturated rings. The van der Waals surface area contributed by atoms with Gasteiger partial charge in [0.2, 0.25) is 5.78 Å². The van der Waals surface area contributed by atoms with Gasteiger partial charge in [0, 0.05) is 24.8 Å². The summed E-state index contributed by atoms with van der Waals surface area (Å²) in [6.07, 6.45) is 7.21. The summed E-state index contributed by atoms with van der Waals surface area (Å²) >= 11 is 0. The Morgan fingerprint density at radius 1 is 1.40 bits per heavy atom. The average Bonchev–Trinajstić information content (AvgIpc) is 2.85. The molecular formula is C16H19N3O. The molecule has 1 aliphatic carbocycles. The molecule has 0 bridgehead atoms. The number of hydrogen-bond donors (Lipinski definition) is 1. The lowest BCUT2D eigenvalue weighted by Crippen LogP contribution is -2.10. The first-order chi connectivity index (χ1) is 9.78. The standard InChI is InChI=1S/C16H19N3O/c17-7-8-19-10-15(18-11-19)16(20)14-6-2-5-13(9-14)12-3-1-4-12/h2,5-6,9-12H,1,3-4,7-8,17H2. The van der Waals surface area contributed by atoms with Gasteiger partial charge in [-0.2, -0.15) is 0 Å². The molecule has 2 aromatic rings. The lowest BCUT2D eigenvalue weighted by atomic mass is 9.79. The van der Waals surface area contributed by atoms with Gasteiger partial charge in [-0.05, 0) is 30.4 Å². The maximum Gasteiger partial charge on any atom is 0.212 e. The first-order valence-corrected chi connectivity index (χ1v) is 7.14. The summed E-state index contributed by atoms with van der Waals surface area (Å²) in [5.41, 5.74) is 8.00. The van der Waals surface area contributed by atoms with Crippen LogP contribution >= 0.6 is 0 Å². The van der Waals surface area contributed by atoms with Crippen molar-refractivity contribution in [3.05, 3.63) is 53.6 Å². The predicted octanol–water partition coefficient (Wildman–Crippen LogP) is 2.34. The van der Waals surface area contributed by atoms with Crippen molar-refractivity contribution in [2.45, 2.75) is 31.7 Å². The van der Waals surface area contributed by atoms with Crippen molar-refractivity contribution in [2.75, 3.05) is 6.54 Å². The molecule has 20 heavy (non-hydrogen) atoms. The summed E-state index contributed by atoms with van der Waals surface area (Å²) < 4.78 is 1.85. The third kappa shape index (κ3) is 2.51. The Labute approximate surface area is 118 Å². The quantitative estimate of drug-likeness (QED) is 0.847. The fourth-order valence-corrected chi connectivity index (χ4v) is 2.57. The molecule has 0 radical (unpaired) electrons. The van der Waals surface area contributed by atoms with Gasteiger partial charge < -0.3 is 10.3 Å². The topological polar surface area (TPSA) is 60.9 Å². The highest BCUT2D eigenvalue weighted by Crippen LogP contribution is 2.36. The second-order valence-electron chi connectivity index (χ2n) is 5.37. The average molecular weight is 269 g/mol. The number of carbonyl (C=O) groups excluding carboxylic acids is 1. The zero-order valence-electron chi connectivity index (χ0n) is 11.5. The maximum atomic E-state index is 12.4. The summed E-state index contributed by atoms with van der Waals surface area (Å²) in [6.45, 7) is 1.23. The minimum atomic E-state index is -0.0121. The lowest BCUT2D eigenvalue weighted by Gasteiger charge is -2.25. The van der Waals surface area contributed by atoms with Crippen LogP contribution in [0.25, 0.3) is 0 Å². The Morgan fingerprint density at radius 2 is 2.25 bits per heavy atom. The molecule has 4 heteroatoms. The minimum absolute atomic E-state index is 0.0121. The molecule has 1 saturated carbocycles. The van der Waals surface area contributed by atoms with E-state index in [0.717, 1.165) is 5.56 Å². The molecule has 1 aromatic carbocycles. The van der Waals surface area contributed by atoms with E-state index >= 15 is 0 Å². The third-order valence-electron chi connectivity index (χ3n) is 3.98. The summed E-state index contributed by atoms with van der Waals surface area (Å²) in [5, 5.41) is 0. The van der Waals surface area contributed by atoms with Gasteiger partial charge in [-0.15, -0.1) is 0 Å². The van der Waals surface area contributed by atoms with Gasteiger partial charge >= 0.3 is 0 Å². The summed E-state index contributed by atoms with van der Waals surface area (Å²) in [5.74, 6) is 0.625. The Hall–Kier alpha value is -1.94. The normalized spacial score (nSPS) is 15.1. The largest absolute Gasteiger partial charge is 0.335 e. The van der Waals surface area contributed by atoms with Crippen molar-refractivity contribution < 1.29 is 4.79 Å². The van der Waals surface area contributed by atoms with Gasteiger partial charge in [0.05, 0.1) is 6.33 Å². The number of nitrogens with two attached hydrogens (primary N) is 1. The van der Waals surface area contributed by atoms with E-state index in [9.17, 15) is 4.79 Å². The first-order valence-electron chi connectivity index (χ1n) is 7.14. The van der Waals surface area contributed by atoms with Crippen molar-refractivity contribution in [3.63, 3.8) is 0 Å². The van der Waals surface area contributed by atoms with E-state index in [1.165, 1.54) is 24.8 Å². The van der Waals surface area contributed by atoms with E-state index in [2.05, 4.69) is 11.1 Å². The molecule has 1 aromatic heterocycles. The number of benzene rings is 1. The van der Waals surface area contributed by atoms with Crippen LogP contribution in [0.4, 0.5) is 0 Å². The molecule has 0 spiro atoms. The van der Waals surface area contributed by atoms with Gasteiger partial charge in [-0.1, -0.05) is 24.6 Å². The van der Waals surface area contributed by atoms with Gasteiger partial charge in [0.25, 0.3) is 0 Å². The van der Waals surface area contributed by atoms with E-state index in [0.29, 0.717) is 24.7 Å². The highest BCUT2D eigenvalue weighted by atomic mass is 16.1. The fourth-order valence-electron chi connectivity index (χ4n) is 2.57. The predicted molar refractivity (Wildman–Crippen MR) is 77.7 cm³/mol. The molecular weight excluding hydrogens is 250 g/mol. The maximum absolute atomic E-state index is 12.4. The molecule has 0 aliphatic heterocycles. The van der Waals surface area contributed by atoms with Crippen LogP contribution in [-0.2, 0) is 6.54 Å². The van der Waals surface area contributed by atoms with Crippen LogP contribution in [-0.4, -0.2) is 21.9 Å². The lowest BCUT2D eigenvalue weighted by molar-refractivity contribution is 0.103. The Bertz CT molecular complexity index is 614. The number of carbonyl (C=O) groups is 1. The van der Waals surface area contributed by atoms with Crippen LogP contribution in [0.2, 0.25) is 0 Å². The van der Waals surface area contributed by atoms with Crippen molar-refractivity contribution in [1.82, 2.24) is 9.55 Å². The fraction of sp³-hybridized carbons (Fsp3) is 0.375. The number of aromatic nitrogens is 2. The molecule has 2 N–H and O–H groups in total. The minimum Gasteiger partial charge on any atom is -0.335 e. The second-order valence-corrected chi connectivity index (χ2v) is 5.37. The van der Waals surface area contributed by atoms with E-state index in [1.54, 1.807) is 12.5 Å². The molecule has 4 nitrogen and oxygen atoms in total. The van der Waals surface area contributed by atoms with Crippen LogP contribution in [0.5, 0.6) is 0 Å². The zero-order valence-corrected chi connectivity index (χ0v) is 11.5. The van der Waals surface area contributed by atoms with Crippen LogP contribution in [0.1, 0.15) is 46.8 Å². The smallest absolute Gasteiger partial charge is 0.212 e. The first kappa shape index (κ1) is 13.1. The van der Waals surface area contributed by atoms with Crippen molar-refractivity contribution in [1.29, 1.82) is 0 Å². The number of hydrogen-bond acceptors (Lipinski definition) is 3. The summed E-state index contributed by atoms with van der Waals surface area (Å²) in [7, 11) is 0. The zero-order chi connectivity index (χ0) is 13.9. The monoisotopic (exact) mass is 269 g/mol. The molecule has 0 amide bonds. The third-order valence-corrected chi connectivity index (χ3v) is 3.98. The van der Waals surface area contributed by atoms with E-state index in [-0.39, 0.29) is 5.78 Å². The van der Waals surface area contributed by atoms with E-state index in [1.807, 2.05) is 22.8 Å². The molecule has 0 unspecified atom stereocenters. The Balaban J connectivity index is 1.81. The SMILES string of the molecule is NCCn1cnc(C(=O)c2cccc(C3CCC3)c2)c1. The number of ketones is 1. The van der Waals surface area contributed by atoms with Gasteiger partial charge in [-0.3, -0.25) is 4.79 Å². The Morgan fingerprint density at radius 3 is 2.95 bits per heavy atom. The molecule has 0 saturated heterocycles. The number of nitrogens with zero attached hydrogens (tertiary/aromatic N) is 2. The highest BCUT2D eigenvalue weighted by Gasteiger charge is 2.21. The van der Waals surface area contributed by atoms with Gasteiger partial charge in [0.1, 0.15) is 5.69 Å². The van der Waals surface area contributed by atoms with Gasteiger partial charge in [-0.25, -0.2) is 4.98 Å². The highest BCUT2D eigenvalue weighted by molar-refractivity contribution is 6.07. The molecule has 1 aliphatic rings. The second kappa shape index (κ2) is 5.59. The molecule has 3 rings (SSSR count). The van der Waals surface area contributed by atoms with Crippen molar-refractivity contribution >= 4 is 5.78 Å². The van der Waals surface area contributed by atoms with Gasteiger partial charge in [0.15, 0.2) is 0 Å². The number of rotatable bonds is 5. The molecule has 1 heterocycles.